The Hall–Kier alpha value is -2.75. The third-order valence-corrected chi connectivity index (χ3v) is 3.94. The second kappa shape index (κ2) is 5.56. The number of benzene rings is 2. The van der Waals surface area contributed by atoms with E-state index in [4.69, 9.17) is 0 Å². The number of likely N-dealkylation sites (tertiary alicyclic amines) is 1. The molecule has 1 saturated heterocycles. The molecule has 1 aliphatic heterocycles. The average molecular weight is 295 g/mol. The maximum absolute atomic E-state index is 12.4. The maximum atomic E-state index is 12.4. The van der Waals surface area contributed by atoms with Crippen molar-refractivity contribution in [2.45, 2.75) is 5.92 Å². The molecule has 3 rings (SSSR count). The molecule has 4 nitrogen and oxygen atoms in total. The normalized spacial score (nSPS) is 19.9. The number of phenols is 2. The third-order valence-electron chi connectivity index (χ3n) is 3.94. The highest BCUT2D eigenvalue weighted by molar-refractivity contribution is 6.01. The van der Waals surface area contributed by atoms with Crippen LogP contribution in [0.3, 0.4) is 0 Å². The van der Waals surface area contributed by atoms with Crippen molar-refractivity contribution in [2.24, 2.45) is 0 Å². The maximum Gasteiger partial charge on any atom is 0.250 e. The summed E-state index contributed by atoms with van der Waals surface area (Å²) in [6, 6.07) is 13.7. The van der Waals surface area contributed by atoms with Crippen LogP contribution in [0.5, 0.6) is 11.5 Å². The zero-order chi connectivity index (χ0) is 15.7. The van der Waals surface area contributed by atoms with Gasteiger partial charge in [0.15, 0.2) is 0 Å². The quantitative estimate of drug-likeness (QED) is 0.837. The first-order valence-corrected chi connectivity index (χ1v) is 7.09. The molecule has 1 aliphatic rings. The van der Waals surface area contributed by atoms with Crippen LogP contribution in [0, 0.1) is 0 Å². The molecule has 1 heterocycles. The molecule has 0 radical (unpaired) electrons. The van der Waals surface area contributed by atoms with Crippen LogP contribution in [0.4, 0.5) is 0 Å². The zero-order valence-electron chi connectivity index (χ0n) is 12.2. The third kappa shape index (κ3) is 2.68. The Labute approximate surface area is 128 Å². The SMILES string of the molecule is CN1CC(c2ccc(O)cc2)C(=Cc2ccc(O)cc2)C1=O. The summed E-state index contributed by atoms with van der Waals surface area (Å²) in [5.74, 6) is 0.399. The van der Waals surface area contributed by atoms with E-state index in [-0.39, 0.29) is 23.3 Å². The molecule has 1 unspecified atom stereocenters. The van der Waals surface area contributed by atoms with Crippen LogP contribution in [0.15, 0.2) is 54.1 Å². The van der Waals surface area contributed by atoms with E-state index in [0.717, 1.165) is 16.7 Å². The van der Waals surface area contributed by atoms with Crippen molar-refractivity contribution in [3.63, 3.8) is 0 Å². The van der Waals surface area contributed by atoms with Crippen molar-refractivity contribution in [1.82, 2.24) is 4.90 Å². The number of rotatable bonds is 2. The van der Waals surface area contributed by atoms with Crippen molar-refractivity contribution in [3.8, 4) is 11.5 Å². The number of nitrogens with zero attached hydrogens (tertiary/aromatic N) is 1. The van der Waals surface area contributed by atoms with Crippen LogP contribution in [0.1, 0.15) is 17.0 Å². The smallest absolute Gasteiger partial charge is 0.250 e. The van der Waals surface area contributed by atoms with Gasteiger partial charge in [0.25, 0.3) is 0 Å². The minimum Gasteiger partial charge on any atom is -0.508 e. The summed E-state index contributed by atoms with van der Waals surface area (Å²) in [6.07, 6.45) is 1.86. The van der Waals surface area contributed by atoms with Crippen LogP contribution < -0.4 is 0 Å². The molecule has 2 aromatic rings. The van der Waals surface area contributed by atoms with Crippen LogP contribution in [-0.2, 0) is 4.79 Å². The molecule has 4 heteroatoms. The van der Waals surface area contributed by atoms with E-state index in [1.54, 1.807) is 48.3 Å². The molecule has 22 heavy (non-hydrogen) atoms. The number of carbonyl (C=O) groups excluding carboxylic acids is 1. The van der Waals surface area contributed by atoms with Gasteiger partial charge in [0.1, 0.15) is 11.5 Å². The number of phenolic OH excluding ortho intramolecular Hbond substituents is 2. The van der Waals surface area contributed by atoms with Crippen molar-refractivity contribution < 1.29 is 15.0 Å². The topological polar surface area (TPSA) is 60.8 Å². The second-order valence-corrected chi connectivity index (χ2v) is 5.52. The first-order valence-electron chi connectivity index (χ1n) is 7.09. The van der Waals surface area contributed by atoms with Gasteiger partial charge in [-0.25, -0.2) is 0 Å². The van der Waals surface area contributed by atoms with Crippen molar-refractivity contribution in [1.29, 1.82) is 0 Å². The first kappa shape index (κ1) is 14.2. The lowest BCUT2D eigenvalue weighted by Crippen LogP contribution is -2.19. The summed E-state index contributed by atoms with van der Waals surface area (Å²) in [7, 11) is 1.79. The lowest BCUT2D eigenvalue weighted by molar-refractivity contribution is -0.123. The lowest BCUT2D eigenvalue weighted by Gasteiger charge is -2.11. The van der Waals surface area contributed by atoms with E-state index in [9.17, 15) is 15.0 Å². The lowest BCUT2D eigenvalue weighted by atomic mass is 9.92. The Balaban J connectivity index is 1.99. The number of hydrogen-bond acceptors (Lipinski definition) is 3. The summed E-state index contributed by atoms with van der Waals surface area (Å²) in [6.45, 7) is 0.619. The van der Waals surface area contributed by atoms with E-state index >= 15 is 0 Å². The predicted octanol–water partition coefficient (Wildman–Crippen LogP) is 2.74. The molecule has 0 spiro atoms. The number of hydrogen-bond donors (Lipinski definition) is 2. The summed E-state index contributed by atoms with van der Waals surface area (Å²) >= 11 is 0. The van der Waals surface area contributed by atoms with Gasteiger partial charge >= 0.3 is 0 Å². The highest BCUT2D eigenvalue weighted by Gasteiger charge is 2.33. The molecule has 2 N–H and O–H groups in total. The van der Waals surface area contributed by atoms with Gasteiger partial charge in [-0.2, -0.15) is 0 Å². The monoisotopic (exact) mass is 295 g/mol. The van der Waals surface area contributed by atoms with Crippen LogP contribution in [-0.4, -0.2) is 34.6 Å². The second-order valence-electron chi connectivity index (χ2n) is 5.52. The molecular formula is C18H17NO3. The molecule has 0 bridgehead atoms. The molecular weight excluding hydrogens is 278 g/mol. The Morgan fingerprint density at radius 3 is 2.14 bits per heavy atom. The average Bonchev–Trinajstić information content (AvgIpc) is 2.79. The number of aromatic hydroxyl groups is 2. The fourth-order valence-corrected chi connectivity index (χ4v) is 2.73. The molecule has 0 aromatic heterocycles. The summed E-state index contributed by atoms with van der Waals surface area (Å²) in [5, 5.41) is 18.8. The van der Waals surface area contributed by atoms with E-state index in [1.165, 1.54) is 0 Å². The summed E-state index contributed by atoms with van der Waals surface area (Å²) in [4.78, 5) is 14.1. The van der Waals surface area contributed by atoms with Gasteiger partial charge < -0.3 is 15.1 Å². The predicted molar refractivity (Wildman–Crippen MR) is 84.6 cm³/mol. The fraction of sp³-hybridized carbons (Fsp3) is 0.167. The molecule has 2 aromatic carbocycles. The van der Waals surface area contributed by atoms with E-state index in [0.29, 0.717) is 6.54 Å². The van der Waals surface area contributed by atoms with E-state index in [1.807, 2.05) is 18.2 Å². The number of amides is 1. The standard InChI is InChI=1S/C18H17NO3/c1-19-11-17(13-4-8-15(21)9-5-13)16(18(19)22)10-12-2-6-14(20)7-3-12/h2-10,17,20-21H,11H2,1H3. The first-order chi connectivity index (χ1) is 10.5. The van der Waals surface area contributed by atoms with Crippen LogP contribution >= 0.6 is 0 Å². The zero-order valence-corrected chi connectivity index (χ0v) is 12.2. The van der Waals surface area contributed by atoms with Gasteiger partial charge in [-0.05, 0) is 41.5 Å². The van der Waals surface area contributed by atoms with Crippen LogP contribution in [0.2, 0.25) is 0 Å². The Morgan fingerprint density at radius 2 is 1.55 bits per heavy atom. The molecule has 1 amide bonds. The Morgan fingerprint density at radius 1 is 1.00 bits per heavy atom. The molecule has 1 fully saturated rings. The van der Waals surface area contributed by atoms with Gasteiger partial charge in [-0.15, -0.1) is 0 Å². The summed E-state index contributed by atoms with van der Waals surface area (Å²) < 4.78 is 0. The molecule has 112 valence electrons. The largest absolute Gasteiger partial charge is 0.508 e. The van der Waals surface area contributed by atoms with Crippen molar-refractivity contribution >= 4 is 12.0 Å². The van der Waals surface area contributed by atoms with Gasteiger partial charge in [0, 0.05) is 25.1 Å². The van der Waals surface area contributed by atoms with E-state index < -0.39 is 0 Å². The van der Waals surface area contributed by atoms with E-state index in [2.05, 4.69) is 0 Å². The van der Waals surface area contributed by atoms with Crippen molar-refractivity contribution in [2.75, 3.05) is 13.6 Å². The Kier molecular flexibility index (Phi) is 3.59. The number of carbonyl (C=O) groups is 1. The van der Waals surface area contributed by atoms with Gasteiger partial charge in [0.2, 0.25) is 5.91 Å². The molecule has 0 saturated carbocycles. The van der Waals surface area contributed by atoms with Crippen molar-refractivity contribution in [3.05, 3.63) is 65.2 Å². The Bertz CT molecular complexity index is 717. The molecule has 0 aliphatic carbocycles. The van der Waals surface area contributed by atoms with Gasteiger partial charge in [0.05, 0.1) is 0 Å². The molecule has 1 atom stereocenters. The van der Waals surface area contributed by atoms with Gasteiger partial charge in [-0.3, -0.25) is 4.79 Å². The van der Waals surface area contributed by atoms with Crippen LogP contribution in [0.25, 0.3) is 6.08 Å². The highest BCUT2D eigenvalue weighted by atomic mass is 16.3. The fourth-order valence-electron chi connectivity index (χ4n) is 2.73. The highest BCUT2D eigenvalue weighted by Crippen LogP contribution is 2.34. The minimum atomic E-state index is -0.0214. The van der Waals surface area contributed by atoms with Gasteiger partial charge in [-0.1, -0.05) is 24.3 Å². The minimum absolute atomic E-state index is 0.00569. The summed E-state index contributed by atoms with van der Waals surface area (Å²) in [5.41, 5.74) is 2.60. The number of likely N-dealkylation sites (N-methyl/N-ethyl adjacent to an activating group) is 1.